The number of fused-ring (bicyclic) bond motifs is 9. The number of anilines is 3. The van der Waals surface area contributed by atoms with Crippen molar-refractivity contribution in [3.8, 4) is 33.4 Å². The SMILES string of the molecule is CC1(C)c2ccccc2-c2c(-c3ccccc3N(c3ccc(-c4ccc5c(c4)oc4ccccc45)cc3)c3ccc4c(c3)sc3ccccc34)cccc21. The van der Waals surface area contributed by atoms with Gasteiger partial charge in [-0.1, -0.05) is 135 Å². The van der Waals surface area contributed by atoms with E-state index < -0.39 is 0 Å². The number of rotatable bonds is 5. The second-order valence-corrected chi connectivity index (χ2v) is 16.0. The van der Waals surface area contributed by atoms with E-state index in [1.165, 1.54) is 53.6 Å². The topological polar surface area (TPSA) is 16.4 Å². The first-order valence-electron chi connectivity index (χ1n) is 18.6. The van der Waals surface area contributed by atoms with Crippen LogP contribution in [0.5, 0.6) is 0 Å². The molecule has 2 nitrogen and oxygen atoms in total. The fourth-order valence-electron chi connectivity index (χ4n) is 8.86. The number of furan rings is 1. The van der Waals surface area contributed by atoms with Crippen LogP contribution in [0.3, 0.4) is 0 Å². The van der Waals surface area contributed by atoms with Crippen LogP contribution in [-0.2, 0) is 5.41 Å². The van der Waals surface area contributed by atoms with E-state index in [2.05, 4.69) is 183 Å². The standard InChI is InChI=1S/C51H35NOS/c1-51(2)43-17-7-3-15-42(43)50-41(16-11-18-44(50)51)36-12-4-8-19-45(36)52(35-27-29-40-39-14-6-10-21-48(39)54-49(40)31-35)34-25-22-32(23-26-34)33-24-28-38-37-13-5-9-20-46(37)53-47(38)30-33/h3-31H,1-2H3. The highest BCUT2D eigenvalue weighted by atomic mass is 32.1. The maximum atomic E-state index is 6.26. The molecule has 0 radical (unpaired) electrons. The van der Waals surface area contributed by atoms with Gasteiger partial charge in [0.15, 0.2) is 0 Å². The van der Waals surface area contributed by atoms with E-state index in [9.17, 15) is 0 Å². The first-order chi connectivity index (χ1) is 26.5. The molecule has 10 aromatic rings. The highest BCUT2D eigenvalue weighted by Gasteiger charge is 2.37. The van der Waals surface area contributed by atoms with Gasteiger partial charge in [0.1, 0.15) is 11.2 Å². The minimum atomic E-state index is -0.0794. The summed E-state index contributed by atoms with van der Waals surface area (Å²) in [4.78, 5) is 2.44. The van der Waals surface area contributed by atoms with E-state index in [0.717, 1.165) is 50.1 Å². The Kier molecular flexibility index (Phi) is 6.80. The Morgan fingerprint density at radius 2 is 1.07 bits per heavy atom. The van der Waals surface area contributed by atoms with E-state index in [1.54, 1.807) is 0 Å². The lowest BCUT2D eigenvalue weighted by molar-refractivity contribution is 0.660. The summed E-state index contributed by atoms with van der Waals surface area (Å²) >= 11 is 1.86. The molecule has 0 spiro atoms. The second-order valence-electron chi connectivity index (χ2n) is 14.9. The molecule has 256 valence electrons. The largest absolute Gasteiger partial charge is 0.456 e. The summed E-state index contributed by atoms with van der Waals surface area (Å²) in [7, 11) is 0. The van der Waals surface area contributed by atoms with Crippen molar-refractivity contribution >= 4 is 70.5 Å². The number of benzene rings is 8. The normalized spacial score (nSPS) is 13.1. The van der Waals surface area contributed by atoms with Crippen LogP contribution in [0.4, 0.5) is 17.1 Å². The van der Waals surface area contributed by atoms with Crippen molar-refractivity contribution in [3.63, 3.8) is 0 Å². The number of hydrogen-bond donors (Lipinski definition) is 0. The van der Waals surface area contributed by atoms with Gasteiger partial charge in [0.2, 0.25) is 0 Å². The average molecular weight is 710 g/mol. The van der Waals surface area contributed by atoms with Gasteiger partial charge in [-0.25, -0.2) is 0 Å². The highest BCUT2D eigenvalue weighted by molar-refractivity contribution is 7.25. The lowest BCUT2D eigenvalue weighted by Crippen LogP contribution is -2.14. The molecule has 3 heteroatoms. The zero-order chi connectivity index (χ0) is 36.0. The predicted molar refractivity (Wildman–Crippen MR) is 230 cm³/mol. The van der Waals surface area contributed by atoms with E-state index in [-0.39, 0.29) is 5.41 Å². The molecule has 0 aliphatic heterocycles. The fourth-order valence-corrected chi connectivity index (χ4v) is 10.0. The summed E-state index contributed by atoms with van der Waals surface area (Å²) in [6.45, 7) is 4.71. The Bertz CT molecular complexity index is 3090. The molecule has 1 aliphatic rings. The molecule has 8 aromatic carbocycles. The van der Waals surface area contributed by atoms with Crippen LogP contribution in [-0.4, -0.2) is 0 Å². The Morgan fingerprint density at radius 3 is 1.96 bits per heavy atom. The van der Waals surface area contributed by atoms with Crippen LogP contribution in [0, 0.1) is 0 Å². The monoisotopic (exact) mass is 709 g/mol. The minimum absolute atomic E-state index is 0.0794. The van der Waals surface area contributed by atoms with Gasteiger partial charge in [0, 0.05) is 53.3 Å². The van der Waals surface area contributed by atoms with Crippen molar-refractivity contribution < 1.29 is 4.42 Å². The van der Waals surface area contributed by atoms with Crippen LogP contribution in [0.1, 0.15) is 25.0 Å². The smallest absolute Gasteiger partial charge is 0.136 e. The summed E-state index contributed by atoms with van der Waals surface area (Å²) in [6.07, 6.45) is 0. The molecule has 0 saturated heterocycles. The summed E-state index contributed by atoms with van der Waals surface area (Å²) < 4.78 is 8.85. The summed E-state index contributed by atoms with van der Waals surface area (Å²) in [5.74, 6) is 0. The van der Waals surface area contributed by atoms with E-state index >= 15 is 0 Å². The van der Waals surface area contributed by atoms with Crippen LogP contribution in [0.25, 0.3) is 75.5 Å². The molecule has 0 N–H and O–H groups in total. The third-order valence-electron chi connectivity index (χ3n) is 11.5. The Labute approximate surface area is 318 Å². The second kappa shape index (κ2) is 11.8. The fraction of sp³-hybridized carbons (Fsp3) is 0.0588. The van der Waals surface area contributed by atoms with Gasteiger partial charge in [-0.05, 0) is 93.5 Å². The molecular formula is C51H35NOS. The van der Waals surface area contributed by atoms with Gasteiger partial charge in [-0.15, -0.1) is 11.3 Å². The average Bonchev–Trinajstić information content (AvgIpc) is 3.85. The van der Waals surface area contributed by atoms with Crippen molar-refractivity contribution in [2.45, 2.75) is 19.3 Å². The summed E-state index contributed by atoms with van der Waals surface area (Å²) in [5, 5.41) is 4.89. The van der Waals surface area contributed by atoms with Crippen molar-refractivity contribution in [2.75, 3.05) is 4.90 Å². The number of nitrogens with zero attached hydrogens (tertiary/aromatic N) is 1. The molecule has 11 rings (SSSR count). The minimum Gasteiger partial charge on any atom is -0.456 e. The zero-order valence-corrected chi connectivity index (χ0v) is 30.8. The lowest BCUT2D eigenvalue weighted by Gasteiger charge is -2.29. The maximum absolute atomic E-state index is 6.26. The molecule has 2 aromatic heterocycles. The predicted octanol–water partition coefficient (Wildman–Crippen LogP) is 15.1. The maximum Gasteiger partial charge on any atom is 0.136 e. The van der Waals surface area contributed by atoms with Gasteiger partial charge in [-0.2, -0.15) is 0 Å². The molecule has 0 unspecified atom stereocenters. The Hall–Kier alpha value is -6.42. The van der Waals surface area contributed by atoms with Crippen LogP contribution >= 0.6 is 11.3 Å². The third kappa shape index (κ3) is 4.65. The lowest BCUT2D eigenvalue weighted by atomic mass is 9.82. The van der Waals surface area contributed by atoms with Gasteiger partial charge < -0.3 is 9.32 Å². The first kappa shape index (κ1) is 31.1. The molecule has 0 fully saturated rings. The van der Waals surface area contributed by atoms with Crippen molar-refractivity contribution in [3.05, 3.63) is 187 Å². The molecule has 0 saturated carbocycles. The van der Waals surface area contributed by atoms with Crippen LogP contribution in [0.15, 0.2) is 180 Å². The molecule has 0 amide bonds. The van der Waals surface area contributed by atoms with Gasteiger partial charge >= 0.3 is 0 Å². The third-order valence-corrected chi connectivity index (χ3v) is 12.6. The molecule has 0 bridgehead atoms. The highest BCUT2D eigenvalue weighted by Crippen LogP contribution is 2.54. The molecule has 1 aliphatic carbocycles. The number of hydrogen-bond acceptors (Lipinski definition) is 3. The van der Waals surface area contributed by atoms with E-state index in [4.69, 9.17) is 4.42 Å². The van der Waals surface area contributed by atoms with Crippen LogP contribution < -0.4 is 4.90 Å². The Balaban J connectivity index is 1.09. The van der Waals surface area contributed by atoms with Crippen LogP contribution in [0.2, 0.25) is 0 Å². The van der Waals surface area contributed by atoms with Crippen molar-refractivity contribution in [1.82, 2.24) is 0 Å². The first-order valence-corrected chi connectivity index (χ1v) is 19.4. The number of para-hydroxylation sites is 2. The number of thiophene rings is 1. The zero-order valence-electron chi connectivity index (χ0n) is 30.0. The van der Waals surface area contributed by atoms with Gasteiger partial charge in [0.25, 0.3) is 0 Å². The molecular weight excluding hydrogens is 675 g/mol. The quantitative estimate of drug-likeness (QED) is 0.177. The molecule has 54 heavy (non-hydrogen) atoms. The van der Waals surface area contributed by atoms with Gasteiger partial charge in [-0.3, -0.25) is 0 Å². The van der Waals surface area contributed by atoms with E-state index in [1.807, 2.05) is 23.5 Å². The summed E-state index contributed by atoms with van der Waals surface area (Å²) in [5.41, 5.74) is 15.3. The molecule has 2 heterocycles. The van der Waals surface area contributed by atoms with Crippen molar-refractivity contribution in [1.29, 1.82) is 0 Å². The van der Waals surface area contributed by atoms with Gasteiger partial charge in [0.05, 0.1) is 5.69 Å². The summed E-state index contributed by atoms with van der Waals surface area (Å²) in [6, 6.07) is 64.2. The van der Waals surface area contributed by atoms with E-state index in [0.29, 0.717) is 0 Å². The Morgan fingerprint density at radius 1 is 0.444 bits per heavy atom. The molecule has 0 atom stereocenters. The van der Waals surface area contributed by atoms with Crippen molar-refractivity contribution in [2.24, 2.45) is 0 Å².